The molecule has 0 atom stereocenters. The van der Waals surface area contributed by atoms with Crippen LogP contribution in [-0.4, -0.2) is 65.8 Å². The molecule has 0 spiro atoms. The zero-order valence-electron chi connectivity index (χ0n) is 21.2. The fourth-order valence-corrected chi connectivity index (χ4v) is 4.62. The number of amides is 1. The molecule has 0 bridgehead atoms. The molecule has 5 rings (SSSR count). The second-order valence-corrected chi connectivity index (χ2v) is 9.06. The van der Waals surface area contributed by atoms with Crippen molar-refractivity contribution >= 4 is 28.5 Å². The number of hydrogen-bond donors (Lipinski definition) is 2. The molecule has 10 nitrogen and oxygen atoms in total. The maximum absolute atomic E-state index is 11.4. The Morgan fingerprint density at radius 1 is 1.13 bits per heavy atom. The summed E-state index contributed by atoms with van der Waals surface area (Å²) in [5.74, 6) is 0.910. The summed E-state index contributed by atoms with van der Waals surface area (Å²) < 4.78 is 10.3. The number of anilines is 2. The molecule has 3 heterocycles. The van der Waals surface area contributed by atoms with Gasteiger partial charge in [-0.1, -0.05) is 0 Å². The van der Waals surface area contributed by atoms with Crippen molar-refractivity contribution in [2.75, 3.05) is 50.1 Å². The molecule has 10 heteroatoms. The summed E-state index contributed by atoms with van der Waals surface area (Å²) in [5, 5.41) is 12.8. The summed E-state index contributed by atoms with van der Waals surface area (Å²) in [6.07, 6.45) is 5.03. The van der Waals surface area contributed by atoms with Gasteiger partial charge in [-0.15, -0.1) is 0 Å². The van der Waals surface area contributed by atoms with Crippen LogP contribution in [0.2, 0.25) is 0 Å². The number of hydrogen-bond acceptors (Lipinski definition) is 8. The molecule has 38 heavy (non-hydrogen) atoms. The number of nitrogens with one attached hydrogen (secondary N) is 2. The number of rotatable bonds is 8. The van der Waals surface area contributed by atoms with Crippen molar-refractivity contribution in [3.05, 3.63) is 72.1 Å². The first-order valence-corrected chi connectivity index (χ1v) is 12.5. The highest BCUT2D eigenvalue weighted by molar-refractivity contribution is 5.84. The molecule has 0 aliphatic carbocycles. The summed E-state index contributed by atoms with van der Waals surface area (Å²) in [7, 11) is 1.29. The highest BCUT2D eigenvalue weighted by atomic mass is 16.5. The first kappa shape index (κ1) is 25.0. The SMILES string of the molecule is COC(=O)Nc1ccnc(Oc2ccc(N3CCN(CCCc4c[nH]c5ccc(C#N)cc45)CC3)cc2)n1. The normalized spacial score (nSPS) is 13.7. The number of piperazine rings is 1. The van der Waals surface area contributed by atoms with Gasteiger partial charge in [0.15, 0.2) is 0 Å². The van der Waals surface area contributed by atoms with E-state index >= 15 is 0 Å². The summed E-state index contributed by atoms with van der Waals surface area (Å²) in [5.41, 5.74) is 4.20. The van der Waals surface area contributed by atoms with Crippen LogP contribution in [0.15, 0.2) is 60.9 Å². The van der Waals surface area contributed by atoms with E-state index in [9.17, 15) is 10.1 Å². The van der Waals surface area contributed by atoms with E-state index in [0.29, 0.717) is 17.1 Å². The molecule has 2 aromatic carbocycles. The standard InChI is InChI=1S/C28H29N7O3/c1-37-28(36)33-26-10-11-30-27(32-26)38-23-7-5-22(6-8-23)35-15-13-34(14-16-35)12-2-3-21-19-31-25-9-4-20(18-29)17-24(21)25/h4-11,17,19,31H,2-3,12-16H2,1H3,(H,30,32,33,36). The number of nitriles is 1. The topological polar surface area (TPSA) is 119 Å². The minimum absolute atomic E-state index is 0.137. The molecule has 2 N–H and O–H groups in total. The summed E-state index contributed by atoms with van der Waals surface area (Å²) in [6.45, 7) is 5.00. The van der Waals surface area contributed by atoms with Crippen LogP contribution in [-0.2, 0) is 11.2 Å². The predicted molar refractivity (Wildman–Crippen MR) is 145 cm³/mol. The second kappa shape index (κ2) is 11.6. The van der Waals surface area contributed by atoms with E-state index in [1.165, 1.54) is 18.9 Å². The number of aromatic nitrogens is 3. The van der Waals surface area contributed by atoms with Crippen molar-refractivity contribution in [1.29, 1.82) is 5.26 Å². The summed E-state index contributed by atoms with van der Waals surface area (Å²) in [6, 6.07) is 17.6. The molecule has 4 aromatic rings. The van der Waals surface area contributed by atoms with Crippen molar-refractivity contribution in [3.8, 4) is 17.8 Å². The van der Waals surface area contributed by atoms with Gasteiger partial charge in [0.2, 0.25) is 0 Å². The van der Waals surface area contributed by atoms with Gasteiger partial charge in [-0.05, 0) is 73.5 Å². The number of benzene rings is 2. The van der Waals surface area contributed by atoms with E-state index < -0.39 is 6.09 Å². The Morgan fingerprint density at radius 2 is 1.95 bits per heavy atom. The van der Waals surface area contributed by atoms with Crippen LogP contribution in [0.4, 0.5) is 16.3 Å². The van der Waals surface area contributed by atoms with Gasteiger partial charge in [-0.25, -0.2) is 9.78 Å². The number of carbonyl (C=O) groups excluding carboxylic acids is 1. The third kappa shape index (κ3) is 6.02. The molecule has 194 valence electrons. The molecule has 1 aliphatic heterocycles. The Kier molecular flexibility index (Phi) is 7.66. The first-order valence-electron chi connectivity index (χ1n) is 12.5. The van der Waals surface area contributed by atoms with Crippen LogP contribution < -0.4 is 15.0 Å². The average molecular weight is 512 g/mol. The fraction of sp³-hybridized carbons (Fsp3) is 0.286. The van der Waals surface area contributed by atoms with Crippen molar-refractivity contribution in [2.24, 2.45) is 0 Å². The van der Waals surface area contributed by atoms with Crippen LogP contribution in [0.5, 0.6) is 11.8 Å². The molecule has 1 fully saturated rings. The quantitative estimate of drug-likeness (QED) is 0.353. The van der Waals surface area contributed by atoms with Crippen LogP contribution in [0, 0.1) is 11.3 Å². The highest BCUT2D eigenvalue weighted by Crippen LogP contribution is 2.25. The van der Waals surface area contributed by atoms with Crippen molar-refractivity contribution < 1.29 is 14.3 Å². The Balaban J connectivity index is 1.09. The Hall–Kier alpha value is -4.62. The lowest BCUT2D eigenvalue weighted by atomic mass is 10.1. The molecule has 0 radical (unpaired) electrons. The molecule has 0 unspecified atom stereocenters. The second-order valence-electron chi connectivity index (χ2n) is 9.06. The maximum atomic E-state index is 11.4. The average Bonchev–Trinajstić information content (AvgIpc) is 3.36. The van der Waals surface area contributed by atoms with Gasteiger partial charge >= 0.3 is 12.1 Å². The number of fused-ring (bicyclic) bond motifs is 1. The lowest BCUT2D eigenvalue weighted by Crippen LogP contribution is -2.46. The van der Waals surface area contributed by atoms with Crippen LogP contribution in [0.1, 0.15) is 17.5 Å². The van der Waals surface area contributed by atoms with Gasteiger partial charge in [0.05, 0.1) is 18.7 Å². The fourth-order valence-electron chi connectivity index (χ4n) is 4.62. The Bertz CT molecular complexity index is 1440. The third-order valence-electron chi connectivity index (χ3n) is 6.65. The lowest BCUT2D eigenvalue weighted by molar-refractivity contribution is 0.187. The molecule has 2 aromatic heterocycles. The monoisotopic (exact) mass is 511 g/mol. The van der Waals surface area contributed by atoms with E-state index in [-0.39, 0.29) is 6.01 Å². The minimum atomic E-state index is -0.608. The largest absolute Gasteiger partial charge is 0.453 e. The van der Waals surface area contributed by atoms with Crippen LogP contribution in [0.3, 0.4) is 0 Å². The molecule has 1 amide bonds. The number of methoxy groups -OCH3 is 1. The number of ether oxygens (including phenoxy) is 2. The number of H-pyrrole nitrogens is 1. The van der Waals surface area contributed by atoms with Gasteiger partial charge in [-0.2, -0.15) is 10.2 Å². The predicted octanol–water partition coefficient (Wildman–Crippen LogP) is 4.55. The molecule has 1 saturated heterocycles. The number of aryl methyl sites for hydroxylation is 1. The van der Waals surface area contributed by atoms with Gasteiger partial charge in [-0.3, -0.25) is 10.2 Å². The van der Waals surface area contributed by atoms with E-state index in [1.807, 2.05) is 42.5 Å². The van der Waals surface area contributed by atoms with E-state index in [4.69, 9.17) is 4.74 Å². The highest BCUT2D eigenvalue weighted by Gasteiger charge is 2.17. The molecular weight excluding hydrogens is 482 g/mol. The smallest absolute Gasteiger partial charge is 0.412 e. The van der Waals surface area contributed by atoms with Gasteiger partial charge in [0.25, 0.3) is 0 Å². The van der Waals surface area contributed by atoms with E-state index in [1.54, 1.807) is 6.07 Å². The minimum Gasteiger partial charge on any atom is -0.453 e. The van der Waals surface area contributed by atoms with Crippen molar-refractivity contribution in [1.82, 2.24) is 19.9 Å². The number of nitrogens with zero attached hydrogens (tertiary/aromatic N) is 5. The Labute approximate surface area is 220 Å². The first-order chi connectivity index (χ1) is 18.6. The van der Waals surface area contributed by atoms with Gasteiger partial charge in [0, 0.05) is 55.2 Å². The zero-order chi connectivity index (χ0) is 26.3. The van der Waals surface area contributed by atoms with Crippen molar-refractivity contribution in [2.45, 2.75) is 12.8 Å². The molecule has 1 aliphatic rings. The zero-order valence-corrected chi connectivity index (χ0v) is 21.2. The van der Waals surface area contributed by atoms with Crippen LogP contribution in [0.25, 0.3) is 10.9 Å². The number of carbonyl (C=O) groups is 1. The van der Waals surface area contributed by atoms with Crippen LogP contribution >= 0.6 is 0 Å². The summed E-state index contributed by atoms with van der Waals surface area (Å²) >= 11 is 0. The summed E-state index contributed by atoms with van der Waals surface area (Å²) in [4.78, 5) is 27.8. The Morgan fingerprint density at radius 3 is 2.71 bits per heavy atom. The maximum Gasteiger partial charge on any atom is 0.412 e. The van der Waals surface area contributed by atoms with E-state index in [2.05, 4.69) is 47.1 Å². The van der Waals surface area contributed by atoms with Gasteiger partial charge < -0.3 is 19.4 Å². The third-order valence-corrected chi connectivity index (χ3v) is 6.65. The molecule has 0 saturated carbocycles. The van der Waals surface area contributed by atoms with E-state index in [0.717, 1.165) is 62.2 Å². The molecular formula is C28H29N7O3. The van der Waals surface area contributed by atoms with Gasteiger partial charge in [0.1, 0.15) is 11.6 Å². The van der Waals surface area contributed by atoms with Crippen molar-refractivity contribution in [3.63, 3.8) is 0 Å². The lowest BCUT2D eigenvalue weighted by Gasteiger charge is -2.36. The number of aromatic amines is 1.